The average molecular weight is 156 g/mol. The molecular formula is C7H12N2S. The number of thiazole rings is 1. The highest BCUT2D eigenvalue weighted by Gasteiger charge is 2.19. The summed E-state index contributed by atoms with van der Waals surface area (Å²) in [4.78, 5) is 5.26. The summed E-state index contributed by atoms with van der Waals surface area (Å²) in [5.41, 5.74) is 7.51. The molecule has 56 valence electrons. The minimum absolute atomic E-state index is 0.0984. The Morgan fingerprint density at radius 2 is 2.40 bits per heavy atom. The SMILES string of the molecule is CC(C)(CN)c1cncs1. The molecule has 1 aromatic rings. The molecule has 0 fully saturated rings. The van der Waals surface area contributed by atoms with Gasteiger partial charge in [0.1, 0.15) is 0 Å². The fourth-order valence-corrected chi connectivity index (χ4v) is 1.41. The zero-order chi connectivity index (χ0) is 7.61. The van der Waals surface area contributed by atoms with E-state index in [0.717, 1.165) is 0 Å². The molecule has 0 aliphatic rings. The van der Waals surface area contributed by atoms with Crippen LogP contribution in [0.3, 0.4) is 0 Å². The zero-order valence-corrected chi connectivity index (χ0v) is 7.11. The lowest BCUT2D eigenvalue weighted by molar-refractivity contribution is 0.549. The van der Waals surface area contributed by atoms with Gasteiger partial charge in [0, 0.05) is 23.0 Å². The first-order valence-corrected chi connectivity index (χ1v) is 4.14. The fourth-order valence-electron chi connectivity index (χ4n) is 0.651. The van der Waals surface area contributed by atoms with Gasteiger partial charge in [0.25, 0.3) is 0 Å². The second-order valence-corrected chi connectivity index (χ2v) is 3.84. The first-order chi connectivity index (χ1) is 4.67. The second kappa shape index (κ2) is 2.68. The Labute approximate surface area is 65.1 Å². The molecule has 2 nitrogen and oxygen atoms in total. The van der Waals surface area contributed by atoms with Crippen LogP contribution in [0.5, 0.6) is 0 Å². The minimum atomic E-state index is 0.0984. The summed E-state index contributed by atoms with van der Waals surface area (Å²) in [5.74, 6) is 0. The largest absolute Gasteiger partial charge is 0.330 e. The Bertz CT molecular complexity index is 191. The highest BCUT2D eigenvalue weighted by Crippen LogP contribution is 2.24. The topological polar surface area (TPSA) is 38.9 Å². The Morgan fingerprint density at radius 3 is 2.80 bits per heavy atom. The molecule has 0 amide bonds. The van der Waals surface area contributed by atoms with Gasteiger partial charge in [0.2, 0.25) is 0 Å². The van der Waals surface area contributed by atoms with Crippen molar-refractivity contribution in [3.05, 3.63) is 16.6 Å². The molecule has 10 heavy (non-hydrogen) atoms. The lowest BCUT2D eigenvalue weighted by atomic mass is 9.93. The van der Waals surface area contributed by atoms with Gasteiger partial charge in [-0.15, -0.1) is 11.3 Å². The average Bonchev–Trinajstić information content (AvgIpc) is 2.38. The molecule has 0 radical (unpaired) electrons. The highest BCUT2D eigenvalue weighted by atomic mass is 32.1. The third kappa shape index (κ3) is 1.36. The monoisotopic (exact) mass is 156 g/mol. The van der Waals surface area contributed by atoms with E-state index in [1.165, 1.54) is 4.88 Å². The number of nitrogens with two attached hydrogens (primary N) is 1. The number of nitrogens with zero attached hydrogens (tertiary/aromatic N) is 1. The van der Waals surface area contributed by atoms with Crippen molar-refractivity contribution in [1.82, 2.24) is 4.98 Å². The van der Waals surface area contributed by atoms with Crippen LogP contribution in [0, 0.1) is 0 Å². The van der Waals surface area contributed by atoms with Gasteiger partial charge in [-0.05, 0) is 0 Å². The molecule has 0 unspecified atom stereocenters. The van der Waals surface area contributed by atoms with Crippen molar-refractivity contribution in [2.24, 2.45) is 5.73 Å². The summed E-state index contributed by atoms with van der Waals surface area (Å²) < 4.78 is 0. The predicted octanol–water partition coefficient (Wildman–Crippen LogP) is 1.38. The van der Waals surface area contributed by atoms with Gasteiger partial charge in [-0.25, -0.2) is 0 Å². The van der Waals surface area contributed by atoms with Crippen molar-refractivity contribution in [3.63, 3.8) is 0 Å². The maximum absolute atomic E-state index is 5.58. The van der Waals surface area contributed by atoms with Crippen LogP contribution in [0.1, 0.15) is 18.7 Å². The lowest BCUT2D eigenvalue weighted by Gasteiger charge is -2.19. The first kappa shape index (κ1) is 7.69. The Kier molecular flexibility index (Phi) is 2.06. The van der Waals surface area contributed by atoms with E-state index in [9.17, 15) is 0 Å². The third-order valence-electron chi connectivity index (χ3n) is 1.61. The quantitative estimate of drug-likeness (QED) is 0.702. The Morgan fingerprint density at radius 1 is 1.70 bits per heavy atom. The minimum Gasteiger partial charge on any atom is -0.330 e. The van der Waals surface area contributed by atoms with Crippen LogP contribution in [0.25, 0.3) is 0 Å². The summed E-state index contributed by atoms with van der Waals surface area (Å²) >= 11 is 1.66. The first-order valence-electron chi connectivity index (χ1n) is 3.26. The van der Waals surface area contributed by atoms with Gasteiger partial charge in [0.05, 0.1) is 5.51 Å². The molecule has 0 saturated heterocycles. The van der Waals surface area contributed by atoms with E-state index in [-0.39, 0.29) is 5.41 Å². The maximum Gasteiger partial charge on any atom is 0.0794 e. The van der Waals surface area contributed by atoms with E-state index in [1.807, 2.05) is 11.7 Å². The van der Waals surface area contributed by atoms with E-state index in [2.05, 4.69) is 18.8 Å². The van der Waals surface area contributed by atoms with Crippen molar-refractivity contribution in [2.75, 3.05) is 6.54 Å². The molecule has 0 aliphatic heterocycles. The van der Waals surface area contributed by atoms with E-state index >= 15 is 0 Å². The standard InChI is InChI=1S/C7H12N2S/c1-7(2,4-8)6-3-9-5-10-6/h3,5H,4,8H2,1-2H3. The summed E-state index contributed by atoms with van der Waals surface area (Å²) in [6, 6.07) is 0. The van der Waals surface area contributed by atoms with E-state index < -0.39 is 0 Å². The van der Waals surface area contributed by atoms with Crippen molar-refractivity contribution >= 4 is 11.3 Å². The molecule has 1 aromatic heterocycles. The molecule has 3 heteroatoms. The van der Waals surface area contributed by atoms with Crippen LogP contribution in [0.2, 0.25) is 0 Å². The summed E-state index contributed by atoms with van der Waals surface area (Å²) in [6.07, 6.45) is 1.89. The third-order valence-corrected chi connectivity index (χ3v) is 2.75. The maximum atomic E-state index is 5.58. The smallest absolute Gasteiger partial charge is 0.0794 e. The van der Waals surface area contributed by atoms with Gasteiger partial charge >= 0.3 is 0 Å². The van der Waals surface area contributed by atoms with Gasteiger partial charge in [-0.3, -0.25) is 4.98 Å². The number of hydrogen-bond acceptors (Lipinski definition) is 3. The van der Waals surface area contributed by atoms with Crippen molar-refractivity contribution < 1.29 is 0 Å². The molecule has 0 bridgehead atoms. The van der Waals surface area contributed by atoms with Gasteiger partial charge in [-0.2, -0.15) is 0 Å². The molecule has 1 rings (SSSR count). The lowest BCUT2D eigenvalue weighted by Crippen LogP contribution is -2.26. The van der Waals surface area contributed by atoms with Crippen LogP contribution < -0.4 is 5.73 Å². The fraction of sp³-hybridized carbons (Fsp3) is 0.571. The summed E-state index contributed by atoms with van der Waals surface area (Å²) in [5, 5.41) is 0. The van der Waals surface area contributed by atoms with E-state index in [1.54, 1.807) is 11.3 Å². The Hall–Kier alpha value is -0.410. The van der Waals surface area contributed by atoms with Crippen molar-refractivity contribution in [2.45, 2.75) is 19.3 Å². The number of rotatable bonds is 2. The molecule has 2 N–H and O–H groups in total. The number of hydrogen-bond donors (Lipinski definition) is 1. The van der Waals surface area contributed by atoms with Crippen LogP contribution in [0.4, 0.5) is 0 Å². The van der Waals surface area contributed by atoms with Gasteiger partial charge < -0.3 is 5.73 Å². The Balaban J connectivity index is 2.85. The molecular weight excluding hydrogens is 144 g/mol. The molecule has 0 saturated carbocycles. The van der Waals surface area contributed by atoms with Crippen LogP contribution in [-0.2, 0) is 5.41 Å². The molecule has 0 aromatic carbocycles. The molecule has 0 aliphatic carbocycles. The second-order valence-electron chi connectivity index (χ2n) is 2.95. The number of aromatic nitrogens is 1. The van der Waals surface area contributed by atoms with Gasteiger partial charge in [-0.1, -0.05) is 13.8 Å². The van der Waals surface area contributed by atoms with Crippen LogP contribution in [0.15, 0.2) is 11.7 Å². The van der Waals surface area contributed by atoms with E-state index in [4.69, 9.17) is 5.73 Å². The van der Waals surface area contributed by atoms with Crippen LogP contribution >= 0.6 is 11.3 Å². The van der Waals surface area contributed by atoms with Crippen LogP contribution in [-0.4, -0.2) is 11.5 Å². The molecule has 0 atom stereocenters. The van der Waals surface area contributed by atoms with Gasteiger partial charge in [0.15, 0.2) is 0 Å². The normalized spacial score (nSPS) is 11.9. The highest BCUT2D eigenvalue weighted by molar-refractivity contribution is 7.09. The van der Waals surface area contributed by atoms with Crippen molar-refractivity contribution in [3.8, 4) is 0 Å². The summed E-state index contributed by atoms with van der Waals surface area (Å²) in [7, 11) is 0. The van der Waals surface area contributed by atoms with E-state index in [0.29, 0.717) is 6.54 Å². The molecule has 0 spiro atoms. The zero-order valence-electron chi connectivity index (χ0n) is 6.29. The molecule has 1 heterocycles. The predicted molar refractivity (Wildman–Crippen MR) is 44.2 cm³/mol. The van der Waals surface area contributed by atoms with Crippen molar-refractivity contribution in [1.29, 1.82) is 0 Å². The summed E-state index contributed by atoms with van der Waals surface area (Å²) in [6.45, 7) is 4.93.